The lowest BCUT2D eigenvalue weighted by atomic mass is 10.2. The summed E-state index contributed by atoms with van der Waals surface area (Å²) < 4.78 is 5.42. The Labute approximate surface area is 118 Å². The van der Waals surface area contributed by atoms with Crippen molar-refractivity contribution in [2.75, 3.05) is 11.9 Å². The molecule has 2 aromatic rings. The number of carbonyl (C=O) groups is 1. The molecule has 0 aliphatic rings. The molecular weight excluding hydrogens is 252 g/mol. The number of urea groups is 1. The number of benzene rings is 2. The van der Waals surface area contributed by atoms with Gasteiger partial charge < -0.3 is 15.4 Å². The number of anilines is 1. The van der Waals surface area contributed by atoms with Gasteiger partial charge in [-0.3, -0.25) is 0 Å². The molecule has 0 saturated carbocycles. The van der Waals surface area contributed by atoms with Gasteiger partial charge in [-0.25, -0.2) is 4.79 Å². The number of hydrogen-bond acceptors (Lipinski definition) is 2. The van der Waals surface area contributed by atoms with E-state index in [0.717, 1.165) is 17.0 Å². The van der Waals surface area contributed by atoms with Crippen LogP contribution in [0, 0.1) is 0 Å². The Morgan fingerprint density at radius 3 is 2.65 bits per heavy atom. The van der Waals surface area contributed by atoms with E-state index in [2.05, 4.69) is 10.6 Å². The Morgan fingerprint density at radius 2 is 1.90 bits per heavy atom. The zero-order chi connectivity index (χ0) is 14.2. The maximum Gasteiger partial charge on any atom is 0.319 e. The van der Waals surface area contributed by atoms with E-state index in [1.165, 1.54) is 0 Å². The largest absolute Gasteiger partial charge is 0.494 e. The summed E-state index contributed by atoms with van der Waals surface area (Å²) in [6.45, 7) is 3.03. The average Bonchev–Trinajstić information content (AvgIpc) is 2.47. The molecule has 0 spiro atoms. The van der Waals surface area contributed by atoms with Crippen molar-refractivity contribution in [2.45, 2.75) is 13.5 Å². The van der Waals surface area contributed by atoms with Gasteiger partial charge in [0.15, 0.2) is 0 Å². The van der Waals surface area contributed by atoms with Crippen LogP contribution in [0.5, 0.6) is 5.75 Å². The minimum Gasteiger partial charge on any atom is -0.494 e. The van der Waals surface area contributed by atoms with E-state index in [4.69, 9.17) is 4.74 Å². The van der Waals surface area contributed by atoms with Crippen LogP contribution in [0.4, 0.5) is 10.5 Å². The highest BCUT2D eigenvalue weighted by atomic mass is 16.5. The SMILES string of the molecule is CCOc1cccc(CNC(=O)Nc2ccccc2)c1. The number of nitrogens with one attached hydrogen (secondary N) is 2. The molecule has 4 nitrogen and oxygen atoms in total. The van der Waals surface area contributed by atoms with Crippen LogP contribution >= 0.6 is 0 Å². The number of hydrogen-bond donors (Lipinski definition) is 2. The van der Waals surface area contributed by atoms with E-state index < -0.39 is 0 Å². The molecule has 2 amide bonds. The van der Waals surface area contributed by atoms with Crippen LogP contribution in [0.25, 0.3) is 0 Å². The highest BCUT2D eigenvalue weighted by Crippen LogP contribution is 2.13. The number of amides is 2. The van der Waals surface area contributed by atoms with Crippen molar-refractivity contribution >= 4 is 11.7 Å². The van der Waals surface area contributed by atoms with Gasteiger partial charge in [0.05, 0.1) is 6.61 Å². The van der Waals surface area contributed by atoms with E-state index in [0.29, 0.717) is 13.2 Å². The van der Waals surface area contributed by atoms with Crippen molar-refractivity contribution in [3.63, 3.8) is 0 Å². The van der Waals surface area contributed by atoms with E-state index in [1.807, 2.05) is 61.5 Å². The van der Waals surface area contributed by atoms with Gasteiger partial charge >= 0.3 is 6.03 Å². The van der Waals surface area contributed by atoms with Crippen LogP contribution in [0.3, 0.4) is 0 Å². The standard InChI is InChI=1S/C16H18N2O2/c1-2-20-15-10-6-7-13(11-15)12-17-16(19)18-14-8-4-3-5-9-14/h3-11H,2,12H2,1H3,(H2,17,18,19). The molecule has 20 heavy (non-hydrogen) atoms. The highest BCUT2D eigenvalue weighted by molar-refractivity contribution is 5.89. The first-order valence-corrected chi connectivity index (χ1v) is 6.59. The topological polar surface area (TPSA) is 50.4 Å². The molecule has 0 aliphatic heterocycles. The summed E-state index contributed by atoms with van der Waals surface area (Å²) in [5.74, 6) is 0.815. The van der Waals surface area contributed by atoms with Gasteiger partial charge in [-0.2, -0.15) is 0 Å². The highest BCUT2D eigenvalue weighted by Gasteiger charge is 2.02. The fraction of sp³-hybridized carbons (Fsp3) is 0.188. The van der Waals surface area contributed by atoms with Crippen molar-refractivity contribution in [3.05, 3.63) is 60.2 Å². The van der Waals surface area contributed by atoms with Gasteiger partial charge in [-0.15, -0.1) is 0 Å². The van der Waals surface area contributed by atoms with Gasteiger partial charge in [0.2, 0.25) is 0 Å². The number of ether oxygens (including phenoxy) is 1. The number of para-hydroxylation sites is 1. The lowest BCUT2D eigenvalue weighted by Crippen LogP contribution is -2.28. The first kappa shape index (κ1) is 13.9. The zero-order valence-corrected chi connectivity index (χ0v) is 11.4. The predicted molar refractivity (Wildman–Crippen MR) is 79.9 cm³/mol. The maximum atomic E-state index is 11.7. The summed E-state index contributed by atoms with van der Waals surface area (Å²) in [4.78, 5) is 11.7. The quantitative estimate of drug-likeness (QED) is 0.874. The first-order chi connectivity index (χ1) is 9.78. The number of carbonyl (C=O) groups excluding carboxylic acids is 1. The van der Waals surface area contributed by atoms with Gasteiger partial charge in [0, 0.05) is 12.2 Å². The van der Waals surface area contributed by atoms with Crippen LogP contribution in [0.2, 0.25) is 0 Å². The van der Waals surface area contributed by atoms with E-state index in [9.17, 15) is 4.79 Å². The monoisotopic (exact) mass is 270 g/mol. The molecule has 0 heterocycles. The van der Waals surface area contributed by atoms with Crippen LogP contribution in [0.1, 0.15) is 12.5 Å². The normalized spacial score (nSPS) is 9.85. The Kier molecular flexibility index (Phi) is 5.00. The zero-order valence-electron chi connectivity index (χ0n) is 11.4. The molecule has 0 fully saturated rings. The Hall–Kier alpha value is -2.49. The first-order valence-electron chi connectivity index (χ1n) is 6.59. The minimum atomic E-state index is -0.224. The molecule has 0 radical (unpaired) electrons. The third-order valence-corrected chi connectivity index (χ3v) is 2.69. The summed E-state index contributed by atoms with van der Waals surface area (Å²) in [7, 11) is 0. The van der Waals surface area contributed by atoms with E-state index in [-0.39, 0.29) is 6.03 Å². The van der Waals surface area contributed by atoms with Gasteiger partial charge in [0.1, 0.15) is 5.75 Å². The Balaban J connectivity index is 1.85. The molecular formula is C16H18N2O2. The third kappa shape index (κ3) is 4.31. The third-order valence-electron chi connectivity index (χ3n) is 2.69. The molecule has 104 valence electrons. The molecule has 0 saturated heterocycles. The van der Waals surface area contributed by atoms with Crippen molar-refractivity contribution in [1.82, 2.24) is 5.32 Å². The van der Waals surface area contributed by atoms with Gasteiger partial charge in [-0.05, 0) is 36.8 Å². The summed E-state index contributed by atoms with van der Waals surface area (Å²) in [5, 5.41) is 5.58. The van der Waals surface area contributed by atoms with Crippen molar-refractivity contribution < 1.29 is 9.53 Å². The second kappa shape index (κ2) is 7.19. The van der Waals surface area contributed by atoms with Crippen molar-refractivity contribution in [1.29, 1.82) is 0 Å². The molecule has 2 N–H and O–H groups in total. The number of rotatable bonds is 5. The molecule has 2 rings (SSSR count). The fourth-order valence-electron chi connectivity index (χ4n) is 1.79. The smallest absolute Gasteiger partial charge is 0.319 e. The lowest BCUT2D eigenvalue weighted by Gasteiger charge is -2.09. The lowest BCUT2D eigenvalue weighted by molar-refractivity contribution is 0.251. The predicted octanol–water partition coefficient (Wildman–Crippen LogP) is 3.41. The summed E-state index contributed by atoms with van der Waals surface area (Å²) in [5.41, 5.74) is 1.77. The van der Waals surface area contributed by atoms with Crippen molar-refractivity contribution in [3.8, 4) is 5.75 Å². The van der Waals surface area contributed by atoms with Crippen LogP contribution in [-0.2, 0) is 6.54 Å². The minimum absolute atomic E-state index is 0.224. The second-order valence-corrected chi connectivity index (χ2v) is 4.25. The van der Waals surface area contributed by atoms with Crippen LogP contribution < -0.4 is 15.4 Å². The molecule has 0 bridgehead atoms. The molecule has 4 heteroatoms. The van der Waals surface area contributed by atoms with Crippen LogP contribution in [-0.4, -0.2) is 12.6 Å². The van der Waals surface area contributed by atoms with Gasteiger partial charge in [-0.1, -0.05) is 30.3 Å². The Morgan fingerprint density at radius 1 is 1.10 bits per heavy atom. The van der Waals surface area contributed by atoms with Gasteiger partial charge in [0.25, 0.3) is 0 Å². The van der Waals surface area contributed by atoms with Crippen LogP contribution in [0.15, 0.2) is 54.6 Å². The van der Waals surface area contributed by atoms with E-state index >= 15 is 0 Å². The summed E-state index contributed by atoms with van der Waals surface area (Å²) in [6.07, 6.45) is 0. The summed E-state index contributed by atoms with van der Waals surface area (Å²) >= 11 is 0. The molecule has 0 atom stereocenters. The molecule has 0 aromatic heterocycles. The fourth-order valence-corrected chi connectivity index (χ4v) is 1.79. The molecule has 0 aliphatic carbocycles. The van der Waals surface area contributed by atoms with Crippen molar-refractivity contribution in [2.24, 2.45) is 0 Å². The average molecular weight is 270 g/mol. The molecule has 0 unspecified atom stereocenters. The Bertz CT molecular complexity index is 555. The summed E-state index contributed by atoms with van der Waals surface area (Å²) in [6, 6.07) is 16.8. The second-order valence-electron chi connectivity index (χ2n) is 4.25. The maximum absolute atomic E-state index is 11.7. The van der Waals surface area contributed by atoms with E-state index in [1.54, 1.807) is 0 Å². The molecule has 2 aromatic carbocycles.